The van der Waals surface area contributed by atoms with Crippen molar-refractivity contribution in [3.05, 3.63) is 16.3 Å². The Morgan fingerprint density at radius 3 is 2.71 bits per heavy atom. The van der Waals surface area contributed by atoms with Crippen molar-refractivity contribution in [3.8, 4) is 0 Å². The molecule has 2 aliphatic carbocycles. The van der Waals surface area contributed by atoms with Crippen molar-refractivity contribution in [1.29, 1.82) is 0 Å². The molecule has 3 rings (SSSR count). The number of rotatable bonds is 7. The Balaban J connectivity index is 1.65. The molecule has 0 aromatic carbocycles. The fraction of sp³-hybridized carbons (Fsp3) is 0.714. The summed E-state index contributed by atoms with van der Waals surface area (Å²) < 4.78 is 33.2. The van der Waals surface area contributed by atoms with Crippen LogP contribution in [0, 0.1) is 0 Å². The van der Waals surface area contributed by atoms with E-state index in [-0.39, 0.29) is 12.1 Å². The molecule has 0 radical (unpaired) electrons. The van der Waals surface area contributed by atoms with Gasteiger partial charge in [0.2, 0.25) is 10.0 Å². The van der Waals surface area contributed by atoms with Gasteiger partial charge in [0.05, 0.1) is 11.0 Å². The van der Waals surface area contributed by atoms with Crippen molar-refractivity contribution >= 4 is 21.4 Å². The normalized spacial score (nSPS) is 26.3. The quantitative estimate of drug-likeness (QED) is 0.801. The maximum atomic E-state index is 12.6. The first-order valence-electron chi connectivity index (χ1n) is 7.43. The van der Waals surface area contributed by atoms with Gasteiger partial charge >= 0.3 is 0 Å². The maximum absolute atomic E-state index is 12.6. The maximum Gasteiger partial charge on any atom is 0.241 e. The molecule has 1 aromatic rings. The minimum absolute atomic E-state index is 0.0101. The average molecular weight is 330 g/mol. The van der Waals surface area contributed by atoms with E-state index in [1.165, 1.54) is 24.2 Å². The average Bonchev–Trinajstić information content (AvgIpc) is 2.98. The van der Waals surface area contributed by atoms with Crippen LogP contribution in [0.2, 0.25) is 0 Å². The molecular formula is C14H22N2O3S2. The number of thiophene rings is 1. The van der Waals surface area contributed by atoms with Crippen LogP contribution in [0.5, 0.6) is 0 Å². The van der Waals surface area contributed by atoms with Gasteiger partial charge in [0.1, 0.15) is 0 Å². The van der Waals surface area contributed by atoms with Crippen molar-refractivity contribution in [2.24, 2.45) is 0 Å². The van der Waals surface area contributed by atoms with Gasteiger partial charge in [-0.1, -0.05) is 0 Å². The third kappa shape index (κ3) is 3.84. The minimum atomic E-state index is -3.43. The SMILES string of the molecule is COC1CCC(NS(=O)(=O)c2ccsc2CNC2CC2)C1. The second-order valence-electron chi connectivity index (χ2n) is 5.85. The predicted octanol–water partition coefficient (Wildman–Crippen LogP) is 1.85. The molecule has 2 fully saturated rings. The molecule has 2 N–H and O–H groups in total. The third-order valence-electron chi connectivity index (χ3n) is 4.16. The van der Waals surface area contributed by atoms with Gasteiger partial charge in [-0.3, -0.25) is 0 Å². The van der Waals surface area contributed by atoms with Gasteiger partial charge in [-0.15, -0.1) is 11.3 Å². The van der Waals surface area contributed by atoms with E-state index in [0.717, 1.165) is 24.1 Å². The number of hydrogen-bond acceptors (Lipinski definition) is 5. The molecule has 21 heavy (non-hydrogen) atoms. The highest BCUT2D eigenvalue weighted by molar-refractivity contribution is 7.89. The minimum Gasteiger partial charge on any atom is -0.381 e. The molecule has 1 aromatic heterocycles. The van der Waals surface area contributed by atoms with E-state index >= 15 is 0 Å². The Labute approximate surface area is 130 Å². The molecule has 5 nitrogen and oxygen atoms in total. The summed E-state index contributed by atoms with van der Waals surface area (Å²) in [5, 5.41) is 5.23. The van der Waals surface area contributed by atoms with Crippen LogP contribution in [0.4, 0.5) is 0 Å². The summed E-state index contributed by atoms with van der Waals surface area (Å²) >= 11 is 1.50. The highest BCUT2D eigenvalue weighted by Gasteiger charge is 2.30. The van der Waals surface area contributed by atoms with Gasteiger partial charge in [0.15, 0.2) is 0 Å². The molecule has 0 spiro atoms. The zero-order valence-electron chi connectivity index (χ0n) is 12.2. The van der Waals surface area contributed by atoms with E-state index in [1.807, 2.05) is 5.38 Å². The van der Waals surface area contributed by atoms with Crippen molar-refractivity contribution < 1.29 is 13.2 Å². The van der Waals surface area contributed by atoms with E-state index < -0.39 is 10.0 Å². The van der Waals surface area contributed by atoms with Crippen LogP contribution in [0.1, 0.15) is 37.0 Å². The highest BCUT2D eigenvalue weighted by Crippen LogP contribution is 2.27. The van der Waals surface area contributed by atoms with E-state index in [2.05, 4.69) is 10.0 Å². The van der Waals surface area contributed by atoms with Gasteiger partial charge in [-0.25, -0.2) is 13.1 Å². The lowest BCUT2D eigenvalue weighted by Gasteiger charge is -2.14. The number of methoxy groups -OCH3 is 1. The topological polar surface area (TPSA) is 67.4 Å². The second kappa shape index (κ2) is 6.34. The summed E-state index contributed by atoms with van der Waals surface area (Å²) in [5.41, 5.74) is 0. The summed E-state index contributed by atoms with van der Waals surface area (Å²) in [6.07, 6.45) is 5.10. The fourth-order valence-electron chi connectivity index (χ4n) is 2.77. The number of hydrogen-bond donors (Lipinski definition) is 2. The molecule has 2 unspecified atom stereocenters. The molecule has 2 saturated carbocycles. The molecule has 0 saturated heterocycles. The van der Waals surface area contributed by atoms with E-state index in [0.29, 0.717) is 17.5 Å². The number of sulfonamides is 1. The van der Waals surface area contributed by atoms with Gasteiger partial charge in [-0.2, -0.15) is 0 Å². The molecule has 7 heteroatoms. The third-order valence-corrected chi connectivity index (χ3v) is 6.82. The second-order valence-corrected chi connectivity index (χ2v) is 8.54. The molecule has 2 aliphatic rings. The summed E-state index contributed by atoms with van der Waals surface area (Å²) in [4.78, 5) is 1.33. The fourth-order valence-corrected chi connectivity index (χ4v) is 5.44. The van der Waals surface area contributed by atoms with Crippen LogP contribution in [0.25, 0.3) is 0 Å². The summed E-state index contributed by atoms with van der Waals surface area (Å²) in [5.74, 6) is 0. The summed E-state index contributed by atoms with van der Waals surface area (Å²) in [6, 6.07) is 2.27. The lowest BCUT2D eigenvalue weighted by atomic mass is 10.3. The molecule has 2 atom stereocenters. The molecule has 118 valence electrons. The molecule has 0 amide bonds. The van der Waals surface area contributed by atoms with Gasteiger partial charge < -0.3 is 10.1 Å². The predicted molar refractivity (Wildman–Crippen MR) is 82.9 cm³/mol. The molecule has 0 bridgehead atoms. The van der Waals surface area contributed by atoms with Crippen molar-refractivity contribution in [2.45, 2.75) is 61.7 Å². The Hall–Kier alpha value is -0.470. The van der Waals surface area contributed by atoms with E-state index in [9.17, 15) is 8.42 Å². The first-order valence-corrected chi connectivity index (χ1v) is 9.79. The van der Waals surface area contributed by atoms with Crippen LogP contribution >= 0.6 is 11.3 Å². The first kappa shape index (κ1) is 15.4. The van der Waals surface area contributed by atoms with Gasteiger partial charge in [0, 0.05) is 30.6 Å². The van der Waals surface area contributed by atoms with Crippen LogP contribution in [-0.2, 0) is 21.3 Å². The van der Waals surface area contributed by atoms with Crippen LogP contribution in [-0.4, -0.2) is 33.7 Å². The van der Waals surface area contributed by atoms with E-state index in [4.69, 9.17) is 4.74 Å². The summed E-state index contributed by atoms with van der Waals surface area (Å²) in [7, 11) is -1.74. The number of ether oxygens (including phenoxy) is 1. The number of nitrogens with one attached hydrogen (secondary N) is 2. The molecular weight excluding hydrogens is 308 g/mol. The Bertz CT molecular complexity index is 581. The van der Waals surface area contributed by atoms with Crippen LogP contribution in [0.3, 0.4) is 0 Å². The first-order chi connectivity index (χ1) is 10.1. The summed E-state index contributed by atoms with van der Waals surface area (Å²) in [6.45, 7) is 0.643. The van der Waals surface area contributed by atoms with E-state index in [1.54, 1.807) is 13.2 Å². The zero-order valence-corrected chi connectivity index (χ0v) is 13.8. The monoisotopic (exact) mass is 330 g/mol. The largest absolute Gasteiger partial charge is 0.381 e. The van der Waals surface area contributed by atoms with Crippen molar-refractivity contribution in [1.82, 2.24) is 10.0 Å². The van der Waals surface area contributed by atoms with Crippen molar-refractivity contribution in [2.75, 3.05) is 7.11 Å². The molecule has 1 heterocycles. The smallest absolute Gasteiger partial charge is 0.241 e. The van der Waals surface area contributed by atoms with Crippen LogP contribution < -0.4 is 10.0 Å². The van der Waals surface area contributed by atoms with Gasteiger partial charge in [0.25, 0.3) is 0 Å². The lowest BCUT2D eigenvalue weighted by molar-refractivity contribution is 0.107. The Kier molecular flexibility index (Phi) is 4.66. The zero-order chi connectivity index (χ0) is 14.9. The van der Waals surface area contributed by atoms with Crippen LogP contribution in [0.15, 0.2) is 16.3 Å². The Morgan fingerprint density at radius 2 is 2.05 bits per heavy atom. The highest BCUT2D eigenvalue weighted by atomic mass is 32.2. The Morgan fingerprint density at radius 1 is 1.29 bits per heavy atom. The van der Waals surface area contributed by atoms with Crippen molar-refractivity contribution in [3.63, 3.8) is 0 Å². The lowest BCUT2D eigenvalue weighted by Crippen LogP contribution is -2.34. The van der Waals surface area contributed by atoms with Gasteiger partial charge in [-0.05, 0) is 43.6 Å². The standard InChI is InChI=1S/C14H22N2O3S2/c1-19-12-5-4-11(8-12)16-21(17,18)14-6-7-20-13(14)9-15-10-2-3-10/h6-7,10-12,15-16H,2-5,8-9H2,1H3. The molecule has 0 aliphatic heterocycles.